The smallest absolute Gasteiger partial charge is 0.361 e. The highest BCUT2D eigenvalue weighted by Gasteiger charge is 2.31. The summed E-state index contributed by atoms with van der Waals surface area (Å²) in [5.41, 5.74) is 7.11. The van der Waals surface area contributed by atoms with Crippen molar-refractivity contribution in [1.29, 1.82) is 0 Å². The summed E-state index contributed by atoms with van der Waals surface area (Å²) in [7, 11) is -2.40. The van der Waals surface area contributed by atoms with E-state index < -0.39 is 45.6 Å². The number of carbonyl (C=O) groups is 2. The molecule has 2 saturated carbocycles. The van der Waals surface area contributed by atoms with Crippen molar-refractivity contribution >= 4 is 48.4 Å². The third-order valence-electron chi connectivity index (χ3n) is 7.97. The third-order valence-corrected chi connectivity index (χ3v) is 10.4. The zero-order valence-corrected chi connectivity index (χ0v) is 27.7. The van der Waals surface area contributed by atoms with E-state index in [4.69, 9.17) is 33.7 Å². The number of hydrogen-bond acceptors (Lipinski definition) is 14. The van der Waals surface area contributed by atoms with E-state index >= 15 is 0 Å². The highest BCUT2D eigenvalue weighted by Crippen LogP contribution is 2.48. The molecule has 1 aromatic carbocycles. The van der Waals surface area contributed by atoms with E-state index in [1.54, 1.807) is 24.9 Å². The molecule has 0 aliphatic heterocycles. The molecule has 0 spiro atoms. The Balaban J connectivity index is 1.20. The van der Waals surface area contributed by atoms with Crippen LogP contribution < -0.4 is 10.5 Å². The van der Waals surface area contributed by atoms with Crippen molar-refractivity contribution < 1.29 is 42.1 Å². The summed E-state index contributed by atoms with van der Waals surface area (Å²) in [4.78, 5) is 38.9. The Morgan fingerprint density at radius 2 is 1.57 bits per heavy atom. The van der Waals surface area contributed by atoms with Crippen molar-refractivity contribution in [3.63, 3.8) is 0 Å². The molecule has 1 atom stereocenters. The second-order valence-electron chi connectivity index (χ2n) is 11.3. The topological polar surface area (TPSA) is 176 Å². The van der Waals surface area contributed by atoms with Gasteiger partial charge in [0.05, 0.1) is 37.9 Å². The second-order valence-corrected chi connectivity index (χ2v) is 14.4. The molecule has 46 heavy (non-hydrogen) atoms. The first-order valence-corrected chi connectivity index (χ1v) is 17.9. The van der Waals surface area contributed by atoms with Crippen LogP contribution in [0.4, 0.5) is 5.95 Å². The molecule has 2 aliphatic carbocycles. The van der Waals surface area contributed by atoms with Crippen molar-refractivity contribution in [2.45, 2.75) is 80.9 Å². The summed E-state index contributed by atoms with van der Waals surface area (Å²) in [5, 5.41) is 0.589. The predicted molar refractivity (Wildman–Crippen MR) is 168 cm³/mol. The van der Waals surface area contributed by atoms with Gasteiger partial charge in [0.2, 0.25) is 19.5 Å². The number of carbonyl (C=O) groups excluding carboxylic acids is 2. The normalized spacial score (nSPS) is 16.6. The van der Waals surface area contributed by atoms with Crippen LogP contribution in [0.2, 0.25) is 0 Å². The highest BCUT2D eigenvalue weighted by molar-refractivity contribution is 7.99. The highest BCUT2D eigenvalue weighted by atomic mass is 32.2. The molecule has 3 aromatic rings. The fourth-order valence-corrected chi connectivity index (χ4v) is 7.41. The number of anilines is 1. The van der Waals surface area contributed by atoms with Crippen LogP contribution in [0.25, 0.3) is 11.2 Å². The first kappa shape index (κ1) is 34.1. The van der Waals surface area contributed by atoms with Crippen molar-refractivity contribution in [3.05, 3.63) is 30.6 Å². The summed E-state index contributed by atoms with van der Waals surface area (Å²) in [6.45, 7) is 0.900. The van der Waals surface area contributed by atoms with Crippen LogP contribution in [-0.2, 0) is 44.0 Å². The predicted octanol–water partition coefficient (Wildman–Crippen LogP) is 5.54. The number of ether oxygens (including phenoxy) is 4. The van der Waals surface area contributed by atoms with E-state index in [0.717, 1.165) is 62.0 Å². The van der Waals surface area contributed by atoms with Gasteiger partial charge in [-0.2, -0.15) is 4.98 Å². The van der Waals surface area contributed by atoms with Crippen molar-refractivity contribution in [3.8, 4) is 5.75 Å². The van der Waals surface area contributed by atoms with Crippen LogP contribution in [0.1, 0.15) is 58.3 Å². The molecule has 5 rings (SSSR count). The number of nitrogens with two attached hydrogens (primary N) is 1. The Labute approximate surface area is 271 Å². The minimum atomic E-state index is -4.01. The SMILES string of the molecule is COc1ccc(Sc2nc(N)nc3c2ncn3CC(C)OCP(=O)(OCOC(=O)C2CCCC2)OCOC(=O)C2CCCC2)cc1. The van der Waals surface area contributed by atoms with Gasteiger partial charge >= 0.3 is 19.5 Å². The van der Waals surface area contributed by atoms with Gasteiger partial charge in [-0.1, -0.05) is 37.4 Å². The fourth-order valence-electron chi connectivity index (χ4n) is 5.44. The Morgan fingerprint density at radius 3 is 2.13 bits per heavy atom. The number of rotatable bonds is 16. The van der Waals surface area contributed by atoms with Crippen LogP contribution in [0.15, 0.2) is 40.5 Å². The zero-order chi connectivity index (χ0) is 32.5. The zero-order valence-electron chi connectivity index (χ0n) is 26.0. The summed E-state index contributed by atoms with van der Waals surface area (Å²) >= 11 is 1.40. The van der Waals surface area contributed by atoms with E-state index in [-0.39, 0.29) is 24.3 Å². The lowest BCUT2D eigenvalue weighted by molar-refractivity contribution is -0.157. The summed E-state index contributed by atoms with van der Waals surface area (Å²) in [6.07, 6.45) is 7.50. The maximum Gasteiger partial charge on any atom is 0.361 e. The van der Waals surface area contributed by atoms with Gasteiger partial charge in [0.15, 0.2) is 5.65 Å². The molecule has 0 radical (unpaired) electrons. The molecule has 0 bridgehead atoms. The minimum absolute atomic E-state index is 0.0874. The van der Waals surface area contributed by atoms with Gasteiger partial charge in [-0.05, 0) is 56.9 Å². The molecule has 2 N–H and O–H groups in total. The van der Waals surface area contributed by atoms with E-state index in [1.807, 2.05) is 24.3 Å². The molecule has 250 valence electrons. The molecular formula is C30H40N5O9PS. The molecule has 2 heterocycles. The van der Waals surface area contributed by atoms with Crippen molar-refractivity contribution in [1.82, 2.24) is 19.5 Å². The van der Waals surface area contributed by atoms with Gasteiger partial charge in [0.25, 0.3) is 0 Å². The molecule has 1 unspecified atom stereocenters. The Kier molecular flexibility index (Phi) is 11.9. The van der Waals surface area contributed by atoms with Crippen molar-refractivity contribution in [2.75, 3.05) is 32.8 Å². The summed E-state index contributed by atoms with van der Waals surface area (Å²) in [5.74, 6) is -0.349. The monoisotopic (exact) mass is 677 g/mol. The Hall–Kier alpha value is -3.23. The van der Waals surface area contributed by atoms with Gasteiger partial charge in [-0.3, -0.25) is 23.2 Å². The minimum Gasteiger partial charge on any atom is -0.497 e. The molecule has 0 saturated heterocycles. The lowest BCUT2D eigenvalue weighted by atomic mass is 10.1. The van der Waals surface area contributed by atoms with Crippen LogP contribution in [-0.4, -0.2) is 64.6 Å². The van der Waals surface area contributed by atoms with Crippen LogP contribution in [0, 0.1) is 11.8 Å². The number of benzene rings is 1. The van der Waals surface area contributed by atoms with Gasteiger partial charge < -0.3 is 29.2 Å². The number of fused-ring (bicyclic) bond motifs is 1. The average Bonchev–Trinajstić information content (AvgIpc) is 3.84. The fraction of sp³-hybridized carbons (Fsp3) is 0.567. The number of esters is 2. The average molecular weight is 678 g/mol. The summed E-state index contributed by atoms with van der Waals surface area (Å²) < 4.78 is 47.8. The first-order chi connectivity index (χ1) is 22.2. The Bertz CT molecular complexity index is 1490. The number of aromatic nitrogens is 4. The van der Waals surface area contributed by atoms with E-state index in [1.165, 1.54) is 11.8 Å². The summed E-state index contributed by atoms with van der Waals surface area (Å²) in [6, 6.07) is 7.53. The molecule has 2 fully saturated rings. The first-order valence-electron chi connectivity index (χ1n) is 15.4. The molecule has 0 amide bonds. The number of methoxy groups -OCH3 is 1. The van der Waals surface area contributed by atoms with Crippen LogP contribution in [0.3, 0.4) is 0 Å². The largest absolute Gasteiger partial charge is 0.497 e. The molecule has 2 aromatic heterocycles. The second kappa shape index (κ2) is 16.1. The van der Waals surface area contributed by atoms with Crippen LogP contribution >= 0.6 is 19.4 Å². The standard InChI is InChI=1S/C30H40N5O9PS/c1-20(15-35-16-32-25-26(35)33-30(31)34-27(25)46-24-13-11-23(39-2)12-14-24)42-19-45(38,43-17-40-28(36)21-7-3-4-8-21)44-18-41-29(37)22-9-5-6-10-22/h11-14,16,20-22H,3-10,15,17-19H2,1-2H3,(H2,31,33,34). The van der Waals surface area contributed by atoms with Gasteiger partial charge in [0.1, 0.15) is 22.6 Å². The van der Waals surface area contributed by atoms with E-state index in [2.05, 4.69) is 15.0 Å². The van der Waals surface area contributed by atoms with Crippen molar-refractivity contribution in [2.24, 2.45) is 11.8 Å². The lowest BCUT2D eigenvalue weighted by Crippen LogP contribution is -2.21. The van der Waals surface area contributed by atoms with E-state index in [9.17, 15) is 14.2 Å². The van der Waals surface area contributed by atoms with Crippen LogP contribution in [0.5, 0.6) is 5.75 Å². The van der Waals surface area contributed by atoms with Gasteiger partial charge in [-0.25, -0.2) is 9.97 Å². The number of nitrogens with zero attached hydrogens (tertiary/aromatic N) is 4. The Morgan fingerprint density at radius 1 is 0.978 bits per heavy atom. The maximum atomic E-state index is 13.6. The van der Waals surface area contributed by atoms with E-state index in [0.29, 0.717) is 16.2 Å². The maximum absolute atomic E-state index is 13.6. The van der Waals surface area contributed by atoms with Gasteiger partial charge in [0, 0.05) is 4.90 Å². The molecule has 16 heteroatoms. The van der Waals surface area contributed by atoms with Gasteiger partial charge in [-0.15, -0.1) is 0 Å². The molecule has 2 aliphatic rings. The number of imidazole rings is 1. The lowest BCUT2D eigenvalue weighted by Gasteiger charge is -2.21. The quantitative estimate of drug-likeness (QED) is 0.0865. The third kappa shape index (κ3) is 9.19. The molecule has 14 nitrogen and oxygen atoms in total. The number of hydrogen-bond donors (Lipinski definition) is 1. The molecular weight excluding hydrogens is 637 g/mol. The number of nitrogen functional groups attached to an aromatic ring is 1.